The number of rotatable bonds is 1. The first-order valence-electron chi connectivity index (χ1n) is 5.54. The molecule has 0 bridgehead atoms. The zero-order valence-corrected chi connectivity index (χ0v) is 10.0. The van der Waals surface area contributed by atoms with Gasteiger partial charge in [0.15, 0.2) is 0 Å². The quantitative estimate of drug-likeness (QED) is 0.618. The maximum atomic E-state index is 2.53. The highest BCUT2D eigenvalue weighted by atomic mass is 15.3. The van der Waals surface area contributed by atoms with Crippen molar-refractivity contribution in [3.63, 3.8) is 0 Å². The highest BCUT2D eigenvalue weighted by Crippen LogP contribution is 2.02. The van der Waals surface area contributed by atoms with E-state index in [1.807, 2.05) is 0 Å². The molecular weight excluding hydrogens is 160 g/mol. The summed E-state index contributed by atoms with van der Waals surface area (Å²) in [6.07, 6.45) is 1.25. The maximum absolute atomic E-state index is 2.53. The van der Waals surface area contributed by atoms with E-state index in [0.29, 0.717) is 0 Å². The predicted molar refractivity (Wildman–Crippen MR) is 60.2 cm³/mol. The zero-order valence-electron chi connectivity index (χ0n) is 10.0. The fourth-order valence-electron chi connectivity index (χ4n) is 1.34. The predicted octanol–water partition coefficient (Wildman–Crippen LogP) is 2.06. The van der Waals surface area contributed by atoms with Crippen LogP contribution in [0.25, 0.3) is 0 Å². The lowest BCUT2D eigenvalue weighted by molar-refractivity contribution is 0.126. The normalized spacial score (nSPS) is 19.8. The molecule has 0 aliphatic carbocycles. The minimum absolute atomic E-state index is 0.730. The Kier molecular flexibility index (Phi) is 7.29. The van der Waals surface area contributed by atoms with Gasteiger partial charge in [-0.25, -0.2) is 0 Å². The van der Waals surface area contributed by atoms with Gasteiger partial charge in [-0.2, -0.15) is 0 Å². The molecule has 13 heavy (non-hydrogen) atoms. The molecule has 0 aromatic carbocycles. The fourth-order valence-corrected chi connectivity index (χ4v) is 1.34. The summed E-state index contributed by atoms with van der Waals surface area (Å²) >= 11 is 0. The Morgan fingerprint density at radius 1 is 1.00 bits per heavy atom. The van der Waals surface area contributed by atoms with Crippen LogP contribution < -0.4 is 0 Å². The van der Waals surface area contributed by atoms with Crippen molar-refractivity contribution in [2.24, 2.45) is 0 Å². The van der Waals surface area contributed by atoms with Gasteiger partial charge in [-0.1, -0.05) is 20.3 Å². The van der Waals surface area contributed by atoms with Crippen molar-refractivity contribution in [2.45, 2.75) is 40.2 Å². The lowest BCUT2D eigenvalue weighted by atomic mass is 10.2. The van der Waals surface area contributed by atoms with E-state index in [4.69, 9.17) is 0 Å². The summed E-state index contributed by atoms with van der Waals surface area (Å²) in [4.78, 5) is 4.92. The largest absolute Gasteiger partial charge is 0.304 e. The second kappa shape index (κ2) is 7.34. The third-order valence-electron chi connectivity index (χ3n) is 2.27. The third-order valence-corrected chi connectivity index (χ3v) is 2.27. The number of nitrogens with zero attached hydrogens (tertiary/aromatic N) is 2. The van der Waals surface area contributed by atoms with Gasteiger partial charge in [0.05, 0.1) is 0 Å². The average molecular weight is 186 g/mol. The van der Waals surface area contributed by atoms with Crippen LogP contribution in [0.2, 0.25) is 0 Å². The molecule has 0 radical (unpaired) electrons. The molecule has 1 aliphatic heterocycles. The molecule has 1 rings (SSSR count). The van der Waals surface area contributed by atoms with Crippen LogP contribution in [0.4, 0.5) is 0 Å². The molecule has 0 amide bonds. The monoisotopic (exact) mass is 186 g/mol. The lowest BCUT2D eigenvalue weighted by Crippen LogP contribution is -2.47. The van der Waals surface area contributed by atoms with Crippen molar-refractivity contribution in [1.82, 2.24) is 9.80 Å². The van der Waals surface area contributed by atoms with Gasteiger partial charge in [0.2, 0.25) is 0 Å². The minimum atomic E-state index is 0.730. The molecule has 0 atom stereocenters. The van der Waals surface area contributed by atoms with Crippen molar-refractivity contribution >= 4 is 0 Å². The van der Waals surface area contributed by atoms with Crippen molar-refractivity contribution < 1.29 is 0 Å². The van der Waals surface area contributed by atoms with Crippen LogP contribution in [-0.2, 0) is 0 Å². The van der Waals surface area contributed by atoms with Gasteiger partial charge in [-0.05, 0) is 20.9 Å². The van der Waals surface area contributed by atoms with Crippen molar-refractivity contribution in [2.75, 3.05) is 33.2 Å². The molecule has 0 spiro atoms. The number of piperazine rings is 1. The van der Waals surface area contributed by atoms with Crippen LogP contribution >= 0.6 is 0 Å². The summed E-state index contributed by atoms with van der Waals surface area (Å²) in [5.74, 6) is 0. The Bertz CT molecular complexity index is 105. The zero-order chi connectivity index (χ0) is 10.3. The Morgan fingerprint density at radius 2 is 1.38 bits per heavy atom. The summed E-state index contributed by atoms with van der Waals surface area (Å²) in [6.45, 7) is 13.7. The van der Waals surface area contributed by atoms with Crippen molar-refractivity contribution in [1.29, 1.82) is 0 Å². The smallest absolute Gasteiger partial charge is 0.0112 e. The molecule has 1 saturated heterocycles. The molecule has 1 aliphatic rings. The van der Waals surface area contributed by atoms with E-state index in [1.54, 1.807) is 0 Å². The van der Waals surface area contributed by atoms with Gasteiger partial charge in [-0.3, -0.25) is 4.90 Å². The summed E-state index contributed by atoms with van der Waals surface area (Å²) in [7, 11) is 2.19. The molecule has 2 nitrogen and oxygen atoms in total. The van der Waals surface area contributed by atoms with E-state index >= 15 is 0 Å². The van der Waals surface area contributed by atoms with Crippen LogP contribution in [0.3, 0.4) is 0 Å². The first-order valence-corrected chi connectivity index (χ1v) is 5.54. The number of hydrogen-bond acceptors (Lipinski definition) is 2. The lowest BCUT2D eigenvalue weighted by Gasteiger charge is -2.34. The summed E-state index contributed by atoms with van der Waals surface area (Å²) in [6, 6.07) is 0.730. The Labute approximate surface area is 83.9 Å². The molecule has 80 valence electrons. The van der Waals surface area contributed by atoms with E-state index in [2.05, 4.69) is 44.5 Å². The molecule has 0 aromatic rings. The maximum Gasteiger partial charge on any atom is 0.0112 e. The third kappa shape index (κ3) is 6.05. The molecule has 0 aromatic heterocycles. The van der Waals surface area contributed by atoms with Crippen LogP contribution in [0.1, 0.15) is 34.1 Å². The van der Waals surface area contributed by atoms with Gasteiger partial charge in [-0.15, -0.1) is 0 Å². The van der Waals surface area contributed by atoms with Gasteiger partial charge >= 0.3 is 0 Å². The van der Waals surface area contributed by atoms with E-state index in [0.717, 1.165) is 6.04 Å². The molecule has 2 heteroatoms. The van der Waals surface area contributed by atoms with Crippen LogP contribution in [0.5, 0.6) is 0 Å². The molecule has 0 unspecified atom stereocenters. The van der Waals surface area contributed by atoms with E-state index < -0.39 is 0 Å². The van der Waals surface area contributed by atoms with Crippen LogP contribution in [-0.4, -0.2) is 49.1 Å². The first kappa shape index (κ1) is 12.9. The number of likely N-dealkylation sites (N-methyl/N-ethyl adjacent to an activating group) is 1. The van der Waals surface area contributed by atoms with Crippen LogP contribution in [0, 0.1) is 0 Å². The van der Waals surface area contributed by atoms with E-state index in [-0.39, 0.29) is 0 Å². The molecule has 1 heterocycles. The van der Waals surface area contributed by atoms with Crippen molar-refractivity contribution in [3.05, 3.63) is 0 Å². The van der Waals surface area contributed by atoms with E-state index in [9.17, 15) is 0 Å². The Balaban J connectivity index is 0.000000424. The second-order valence-electron chi connectivity index (χ2n) is 4.14. The van der Waals surface area contributed by atoms with Gasteiger partial charge in [0.1, 0.15) is 0 Å². The molecule has 0 N–H and O–H groups in total. The number of hydrogen-bond donors (Lipinski definition) is 0. The van der Waals surface area contributed by atoms with Crippen molar-refractivity contribution in [3.8, 4) is 0 Å². The average Bonchev–Trinajstić information content (AvgIpc) is 2.06. The van der Waals surface area contributed by atoms with E-state index in [1.165, 1.54) is 32.6 Å². The topological polar surface area (TPSA) is 6.48 Å². The van der Waals surface area contributed by atoms with Crippen LogP contribution in [0.15, 0.2) is 0 Å². The Morgan fingerprint density at radius 3 is 1.69 bits per heavy atom. The molecular formula is C11H26N2. The fraction of sp³-hybridized carbons (Fsp3) is 1.00. The second-order valence-corrected chi connectivity index (χ2v) is 4.14. The molecule has 0 saturated carbocycles. The summed E-state index contributed by atoms with van der Waals surface area (Å²) < 4.78 is 0. The summed E-state index contributed by atoms with van der Waals surface area (Å²) in [5, 5.41) is 0. The Hall–Kier alpha value is -0.0800. The highest BCUT2D eigenvalue weighted by Gasteiger charge is 2.15. The van der Waals surface area contributed by atoms with Gasteiger partial charge < -0.3 is 4.90 Å². The van der Waals surface area contributed by atoms with Gasteiger partial charge in [0, 0.05) is 32.2 Å². The first-order chi connectivity index (χ1) is 6.11. The highest BCUT2D eigenvalue weighted by molar-refractivity contribution is 4.71. The SMILES string of the molecule is CC(C)N1CCN(C)CC1.CCC. The minimum Gasteiger partial charge on any atom is -0.304 e. The summed E-state index contributed by atoms with van der Waals surface area (Å²) in [5.41, 5.74) is 0. The van der Waals surface area contributed by atoms with Gasteiger partial charge in [0.25, 0.3) is 0 Å². The standard InChI is InChI=1S/C8H18N2.C3H8/c1-8(2)10-6-4-9(3)5-7-10;1-3-2/h8H,4-7H2,1-3H3;3H2,1-2H3. The molecule has 1 fully saturated rings.